The summed E-state index contributed by atoms with van der Waals surface area (Å²) in [6.07, 6.45) is 0.622. The molecule has 1 aromatic rings. The highest BCUT2D eigenvalue weighted by Gasteiger charge is 2.34. The van der Waals surface area contributed by atoms with Gasteiger partial charge in [0.1, 0.15) is 5.75 Å². The molecule has 2 aliphatic heterocycles. The predicted octanol–water partition coefficient (Wildman–Crippen LogP) is 2.60. The molecule has 0 aromatic heterocycles. The largest absolute Gasteiger partial charge is 0.492 e. The van der Waals surface area contributed by atoms with E-state index in [0.717, 1.165) is 29.0 Å². The molecule has 6 heteroatoms. The van der Waals surface area contributed by atoms with E-state index < -0.39 is 5.97 Å². The Balaban J connectivity index is 1.63. The first kappa shape index (κ1) is 15.8. The SMILES string of the molecule is CC1(COc2ccc(C3CC(C(=O)O)CN3)cc2Br)COC1. The summed E-state index contributed by atoms with van der Waals surface area (Å²) in [6.45, 7) is 4.78. The Hall–Kier alpha value is -1.11. The van der Waals surface area contributed by atoms with Gasteiger partial charge >= 0.3 is 5.97 Å². The summed E-state index contributed by atoms with van der Waals surface area (Å²) in [7, 11) is 0. The first-order chi connectivity index (χ1) is 10.5. The highest BCUT2D eigenvalue weighted by atomic mass is 79.9. The topological polar surface area (TPSA) is 67.8 Å². The van der Waals surface area contributed by atoms with Gasteiger partial charge in [-0.15, -0.1) is 0 Å². The molecule has 22 heavy (non-hydrogen) atoms. The Morgan fingerprint density at radius 1 is 1.55 bits per heavy atom. The van der Waals surface area contributed by atoms with Crippen LogP contribution in [0.1, 0.15) is 24.9 Å². The van der Waals surface area contributed by atoms with Crippen LogP contribution in [0.3, 0.4) is 0 Å². The van der Waals surface area contributed by atoms with Gasteiger partial charge in [-0.2, -0.15) is 0 Å². The molecule has 0 bridgehead atoms. The van der Waals surface area contributed by atoms with E-state index in [9.17, 15) is 4.79 Å². The van der Waals surface area contributed by atoms with Crippen LogP contribution in [-0.4, -0.2) is 37.4 Å². The summed E-state index contributed by atoms with van der Waals surface area (Å²) >= 11 is 3.55. The maximum absolute atomic E-state index is 11.0. The highest BCUT2D eigenvalue weighted by Crippen LogP contribution is 2.34. The normalized spacial score (nSPS) is 26.5. The van der Waals surface area contributed by atoms with E-state index in [1.807, 2.05) is 18.2 Å². The molecule has 2 atom stereocenters. The molecule has 2 saturated heterocycles. The average Bonchev–Trinajstić information content (AvgIpc) is 2.94. The number of nitrogens with one attached hydrogen (secondary N) is 1. The Bertz CT molecular complexity index is 573. The zero-order valence-electron chi connectivity index (χ0n) is 12.5. The second-order valence-electron chi connectivity index (χ2n) is 6.51. The second kappa shape index (κ2) is 6.18. The van der Waals surface area contributed by atoms with Crippen LogP contribution in [0.5, 0.6) is 5.75 Å². The summed E-state index contributed by atoms with van der Waals surface area (Å²) in [5.41, 5.74) is 1.20. The third-order valence-corrected chi connectivity index (χ3v) is 4.94. The van der Waals surface area contributed by atoms with Crippen molar-refractivity contribution in [2.75, 3.05) is 26.4 Å². The highest BCUT2D eigenvalue weighted by molar-refractivity contribution is 9.10. The number of hydrogen-bond donors (Lipinski definition) is 2. The van der Waals surface area contributed by atoms with Crippen molar-refractivity contribution in [2.45, 2.75) is 19.4 Å². The number of rotatable bonds is 5. The molecule has 1 aromatic carbocycles. The third-order valence-electron chi connectivity index (χ3n) is 4.32. The monoisotopic (exact) mass is 369 g/mol. The van der Waals surface area contributed by atoms with Gasteiger partial charge in [0.05, 0.1) is 30.2 Å². The maximum Gasteiger partial charge on any atom is 0.307 e. The number of benzene rings is 1. The number of carboxylic acid groups (broad SMARTS) is 1. The van der Waals surface area contributed by atoms with E-state index in [4.69, 9.17) is 14.6 Å². The van der Waals surface area contributed by atoms with Gasteiger partial charge in [-0.3, -0.25) is 4.79 Å². The number of aliphatic carboxylic acids is 1. The number of ether oxygens (including phenoxy) is 2. The molecular weight excluding hydrogens is 350 g/mol. The lowest BCUT2D eigenvalue weighted by Crippen LogP contribution is -2.44. The summed E-state index contributed by atoms with van der Waals surface area (Å²) < 4.78 is 12.0. The molecule has 120 valence electrons. The van der Waals surface area contributed by atoms with Crippen molar-refractivity contribution in [2.24, 2.45) is 11.3 Å². The minimum Gasteiger partial charge on any atom is -0.492 e. The van der Waals surface area contributed by atoms with Crippen molar-refractivity contribution in [1.82, 2.24) is 5.32 Å². The fourth-order valence-corrected chi connectivity index (χ4v) is 3.33. The second-order valence-corrected chi connectivity index (χ2v) is 7.37. The van der Waals surface area contributed by atoms with Gasteiger partial charge in [-0.25, -0.2) is 0 Å². The zero-order valence-corrected chi connectivity index (χ0v) is 14.1. The number of carboxylic acids is 1. The zero-order chi connectivity index (χ0) is 15.7. The van der Waals surface area contributed by atoms with Crippen molar-refractivity contribution in [3.8, 4) is 5.75 Å². The molecule has 5 nitrogen and oxygen atoms in total. The predicted molar refractivity (Wildman–Crippen MR) is 85.0 cm³/mol. The summed E-state index contributed by atoms with van der Waals surface area (Å²) in [5, 5.41) is 12.3. The maximum atomic E-state index is 11.0. The van der Waals surface area contributed by atoms with Crippen LogP contribution in [0.2, 0.25) is 0 Å². The molecule has 2 N–H and O–H groups in total. The number of hydrogen-bond acceptors (Lipinski definition) is 4. The lowest BCUT2D eigenvalue weighted by atomic mass is 9.90. The van der Waals surface area contributed by atoms with Gasteiger partial charge in [0, 0.05) is 18.0 Å². The Labute approximate surface area is 138 Å². The van der Waals surface area contributed by atoms with Crippen LogP contribution in [0.15, 0.2) is 22.7 Å². The summed E-state index contributed by atoms with van der Waals surface area (Å²) in [6, 6.07) is 6.04. The minimum absolute atomic E-state index is 0.0870. The number of halogens is 1. The molecule has 2 unspecified atom stereocenters. The van der Waals surface area contributed by atoms with Crippen LogP contribution in [0.25, 0.3) is 0 Å². The van der Waals surface area contributed by atoms with Crippen LogP contribution < -0.4 is 10.1 Å². The molecule has 2 fully saturated rings. The Morgan fingerprint density at radius 2 is 2.32 bits per heavy atom. The van der Waals surface area contributed by atoms with Crippen LogP contribution in [0, 0.1) is 11.3 Å². The van der Waals surface area contributed by atoms with Crippen LogP contribution in [-0.2, 0) is 9.53 Å². The molecule has 0 saturated carbocycles. The summed E-state index contributed by atoms with van der Waals surface area (Å²) in [4.78, 5) is 11.0. The van der Waals surface area contributed by atoms with Crippen molar-refractivity contribution < 1.29 is 19.4 Å². The lowest BCUT2D eigenvalue weighted by molar-refractivity contribution is -0.141. The molecule has 2 aliphatic rings. The fraction of sp³-hybridized carbons (Fsp3) is 0.562. The van der Waals surface area contributed by atoms with E-state index in [1.165, 1.54) is 0 Å². The van der Waals surface area contributed by atoms with Crippen molar-refractivity contribution >= 4 is 21.9 Å². The fourth-order valence-electron chi connectivity index (χ4n) is 2.81. The van der Waals surface area contributed by atoms with Gasteiger partial charge in [-0.1, -0.05) is 13.0 Å². The van der Waals surface area contributed by atoms with E-state index >= 15 is 0 Å². The first-order valence-corrected chi connectivity index (χ1v) is 8.22. The van der Waals surface area contributed by atoms with Crippen molar-refractivity contribution in [3.63, 3.8) is 0 Å². The molecule has 0 spiro atoms. The van der Waals surface area contributed by atoms with Gasteiger partial charge in [0.2, 0.25) is 0 Å². The van der Waals surface area contributed by atoms with Gasteiger partial charge in [0.15, 0.2) is 0 Å². The molecule has 2 heterocycles. The molecular formula is C16H20BrNO4. The standard InChI is InChI=1S/C16H20BrNO4/c1-16(7-21-8-16)9-22-14-3-2-10(4-12(14)17)13-5-11(6-18-13)15(19)20/h2-4,11,13,18H,5-9H2,1H3,(H,19,20). The van der Waals surface area contributed by atoms with E-state index in [2.05, 4.69) is 28.2 Å². The van der Waals surface area contributed by atoms with E-state index in [-0.39, 0.29) is 17.4 Å². The number of carbonyl (C=O) groups is 1. The van der Waals surface area contributed by atoms with Crippen molar-refractivity contribution in [3.05, 3.63) is 28.2 Å². The molecule has 3 rings (SSSR count). The Kier molecular flexibility index (Phi) is 4.43. The quantitative estimate of drug-likeness (QED) is 0.834. The van der Waals surface area contributed by atoms with Crippen LogP contribution in [0.4, 0.5) is 0 Å². The average molecular weight is 370 g/mol. The third kappa shape index (κ3) is 3.29. The van der Waals surface area contributed by atoms with Crippen molar-refractivity contribution in [1.29, 1.82) is 0 Å². The molecule has 0 aliphatic carbocycles. The molecule has 0 radical (unpaired) electrons. The van der Waals surface area contributed by atoms with Gasteiger partial charge < -0.3 is 19.9 Å². The molecule has 0 amide bonds. The first-order valence-electron chi connectivity index (χ1n) is 7.43. The van der Waals surface area contributed by atoms with E-state index in [0.29, 0.717) is 19.6 Å². The lowest BCUT2D eigenvalue weighted by Gasteiger charge is -2.37. The summed E-state index contributed by atoms with van der Waals surface area (Å²) in [5.74, 6) is -0.229. The van der Waals surface area contributed by atoms with Gasteiger partial charge in [-0.05, 0) is 40.0 Å². The van der Waals surface area contributed by atoms with Crippen LogP contribution >= 0.6 is 15.9 Å². The smallest absolute Gasteiger partial charge is 0.307 e. The van der Waals surface area contributed by atoms with E-state index in [1.54, 1.807) is 0 Å². The minimum atomic E-state index is -0.731. The van der Waals surface area contributed by atoms with Gasteiger partial charge in [0.25, 0.3) is 0 Å². The Morgan fingerprint density at radius 3 is 2.86 bits per heavy atom.